The van der Waals surface area contributed by atoms with Crippen LogP contribution in [0, 0.1) is 0 Å². The molecule has 0 aliphatic carbocycles. The molecule has 1 aliphatic heterocycles. The van der Waals surface area contributed by atoms with Crippen LogP contribution in [0.15, 0.2) is 36.4 Å². The summed E-state index contributed by atoms with van der Waals surface area (Å²) in [4.78, 5) is 14.4. The second kappa shape index (κ2) is 8.29. The summed E-state index contributed by atoms with van der Waals surface area (Å²) < 4.78 is 11.0. The fourth-order valence-corrected chi connectivity index (χ4v) is 2.93. The van der Waals surface area contributed by atoms with Crippen molar-refractivity contribution in [1.29, 1.82) is 0 Å². The van der Waals surface area contributed by atoms with Crippen LogP contribution >= 0.6 is 11.6 Å². The smallest absolute Gasteiger partial charge is 0.319 e. The second-order valence-electron chi connectivity index (χ2n) is 6.29. The Labute approximate surface area is 158 Å². The van der Waals surface area contributed by atoms with Crippen molar-refractivity contribution >= 4 is 23.3 Å². The molecule has 0 saturated carbocycles. The maximum Gasteiger partial charge on any atom is 0.319 e. The molecule has 3 rings (SSSR count). The van der Waals surface area contributed by atoms with Crippen LogP contribution in [0.1, 0.15) is 11.1 Å². The highest BCUT2D eigenvalue weighted by atomic mass is 35.5. The molecule has 0 atom stereocenters. The van der Waals surface area contributed by atoms with Gasteiger partial charge in [0.15, 0.2) is 11.5 Å². The van der Waals surface area contributed by atoms with Gasteiger partial charge in [-0.25, -0.2) is 4.79 Å². The molecule has 7 heteroatoms. The molecule has 2 aromatic rings. The fourth-order valence-electron chi connectivity index (χ4n) is 2.73. The number of carbonyl (C=O) groups excluding carboxylic acids is 1. The van der Waals surface area contributed by atoms with Gasteiger partial charge < -0.3 is 25.0 Å². The first-order valence-corrected chi connectivity index (χ1v) is 8.76. The molecule has 1 heterocycles. The number of ether oxygens (including phenoxy) is 2. The Morgan fingerprint density at radius 2 is 1.77 bits per heavy atom. The molecule has 0 aromatic heterocycles. The molecule has 0 unspecified atom stereocenters. The number of urea groups is 1. The number of anilines is 1. The first-order chi connectivity index (χ1) is 12.5. The van der Waals surface area contributed by atoms with Gasteiger partial charge in [-0.2, -0.15) is 0 Å². The molecule has 0 saturated heterocycles. The molecule has 2 aromatic carbocycles. The molecule has 26 heavy (non-hydrogen) atoms. The third-order valence-electron chi connectivity index (χ3n) is 3.92. The quantitative estimate of drug-likeness (QED) is 0.839. The van der Waals surface area contributed by atoms with Crippen LogP contribution < -0.4 is 20.1 Å². The van der Waals surface area contributed by atoms with Crippen LogP contribution in [0.5, 0.6) is 11.5 Å². The minimum atomic E-state index is -0.330. The average molecular weight is 376 g/mol. The van der Waals surface area contributed by atoms with Gasteiger partial charge in [-0.1, -0.05) is 35.9 Å². The zero-order valence-corrected chi connectivity index (χ0v) is 15.6. The summed E-state index contributed by atoms with van der Waals surface area (Å²) in [5.41, 5.74) is 2.73. The first kappa shape index (κ1) is 18.4. The molecule has 2 amide bonds. The molecule has 0 spiro atoms. The summed E-state index contributed by atoms with van der Waals surface area (Å²) in [7, 11) is 4.03. The van der Waals surface area contributed by atoms with Crippen LogP contribution in [0.4, 0.5) is 10.5 Å². The van der Waals surface area contributed by atoms with Crippen molar-refractivity contribution in [3.05, 3.63) is 52.5 Å². The van der Waals surface area contributed by atoms with Gasteiger partial charge in [-0.15, -0.1) is 0 Å². The van der Waals surface area contributed by atoms with Gasteiger partial charge in [-0.3, -0.25) is 0 Å². The lowest BCUT2D eigenvalue weighted by Gasteiger charge is -2.20. The second-order valence-corrected chi connectivity index (χ2v) is 6.70. The summed E-state index contributed by atoms with van der Waals surface area (Å²) in [6, 6.07) is 11.0. The Balaban J connectivity index is 1.63. The number of hydrogen-bond acceptors (Lipinski definition) is 4. The Morgan fingerprint density at radius 3 is 2.46 bits per heavy atom. The number of halogens is 1. The number of nitrogens with one attached hydrogen (secondary N) is 2. The van der Waals surface area contributed by atoms with Gasteiger partial charge in [0, 0.05) is 25.2 Å². The highest BCUT2D eigenvalue weighted by molar-refractivity contribution is 6.34. The van der Waals surface area contributed by atoms with Crippen LogP contribution in [-0.4, -0.2) is 38.2 Å². The summed E-state index contributed by atoms with van der Waals surface area (Å²) >= 11 is 6.22. The van der Waals surface area contributed by atoms with Crippen LogP contribution in [0.25, 0.3) is 0 Å². The largest absolute Gasteiger partial charge is 0.486 e. The summed E-state index contributed by atoms with van der Waals surface area (Å²) in [6.45, 7) is 2.21. The maximum absolute atomic E-state index is 12.3. The number of benzene rings is 2. The number of nitrogens with zero attached hydrogens (tertiary/aromatic N) is 1. The lowest BCUT2D eigenvalue weighted by Crippen LogP contribution is -2.29. The van der Waals surface area contributed by atoms with Gasteiger partial charge >= 0.3 is 6.03 Å². The minimum Gasteiger partial charge on any atom is -0.486 e. The van der Waals surface area contributed by atoms with Crippen molar-refractivity contribution in [3.8, 4) is 11.5 Å². The fraction of sp³-hybridized carbons (Fsp3) is 0.316. The van der Waals surface area contributed by atoms with E-state index < -0.39 is 0 Å². The van der Waals surface area contributed by atoms with Gasteiger partial charge in [0.25, 0.3) is 0 Å². The van der Waals surface area contributed by atoms with Crippen molar-refractivity contribution in [1.82, 2.24) is 10.2 Å². The van der Waals surface area contributed by atoms with E-state index in [1.54, 1.807) is 12.1 Å². The molecule has 6 nitrogen and oxygen atoms in total. The van der Waals surface area contributed by atoms with Crippen LogP contribution in [0.2, 0.25) is 5.02 Å². The third kappa shape index (κ3) is 4.59. The van der Waals surface area contributed by atoms with E-state index in [1.165, 1.54) is 5.56 Å². The highest BCUT2D eigenvalue weighted by Crippen LogP contribution is 2.37. The first-order valence-electron chi connectivity index (χ1n) is 8.38. The van der Waals surface area contributed by atoms with E-state index in [0.29, 0.717) is 42.0 Å². The Bertz CT molecular complexity index is 796. The summed E-state index contributed by atoms with van der Waals surface area (Å²) in [5, 5.41) is 6.03. The topological polar surface area (TPSA) is 62.8 Å². The molecule has 2 N–H and O–H groups in total. The van der Waals surface area contributed by atoms with Gasteiger partial charge in [0.1, 0.15) is 13.2 Å². The van der Waals surface area contributed by atoms with E-state index in [0.717, 1.165) is 12.1 Å². The van der Waals surface area contributed by atoms with Crippen molar-refractivity contribution in [2.75, 3.05) is 32.6 Å². The predicted molar refractivity (Wildman–Crippen MR) is 102 cm³/mol. The van der Waals surface area contributed by atoms with Crippen molar-refractivity contribution in [2.45, 2.75) is 13.1 Å². The zero-order valence-electron chi connectivity index (χ0n) is 14.8. The van der Waals surface area contributed by atoms with E-state index in [2.05, 4.69) is 21.6 Å². The van der Waals surface area contributed by atoms with E-state index in [9.17, 15) is 4.79 Å². The number of amides is 2. The van der Waals surface area contributed by atoms with Crippen molar-refractivity contribution in [3.63, 3.8) is 0 Å². The van der Waals surface area contributed by atoms with Crippen LogP contribution in [0.3, 0.4) is 0 Å². The zero-order chi connectivity index (χ0) is 18.5. The SMILES string of the molecule is CN(C)Cc1ccccc1CNC(=O)Nc1cc2c(cc1Cl)OCCO2. The molecule has 0 fully saturated rings. The minimum absolute atomic E-state index is 0.330. The summed E-state index contributed by atoms with van der Waals surface area (Å²) in [6.07, 6.45) is 0. The van der Waals surface area contributed by atoms with Gasteiger partial charge in [0.2, 0.25) is 0 Å². The third-order valence-corrected chi connectivity index (χ3v) is 4.24. The lowest BCUT2D eigenvalue weighted by molar-refractivity contribution is 0.171. The maximum atomic E-state index is 12.3. The molecule has 0 radical (unpaired) electrons. The molecule has 1 aliphatic rings. The van der Waals surface area contributed by atoms with Crippen molar-refractivity contribution in [2.24, 2.45) is 0 Å². The molecular weight excluding hydrogens is 354 g/mol. The Kier molecular flexibility index (Phi) is 5.85. The Morgan fingerprint density at radius 1 is 1.12 bits per heavy atom. The number of hydrogen-bond donors (Lipinski definition) is 2. The van der Waals surface area contributed by atoms with Crippen molar-refractivity contribution < 1.29 is 14.3 Å². The normalized spacial score (nSPS) is 12.8. The molecule has 138 valence electrons. The van der Waals surface area contributed by atoms with Gasteiger partial charge in [0.05, 0.1) is 10.7 Å². The highest BCUT2D eigenvalue weighted by Gasteiger charge is 2.16. The number of carbonyl (C=O) groups is 1. The monoisotopic (exact) mass is 375 g/mol. The van der Waals surface area contributed by atoms with Crippen LogP contribution in [-0.2, 0) is 13.1 Å². The predicted octanol–water partition coefficient (Wildman–Crippen LogP) is 3.49. The molecule has 0 bridgehead atoms. The number of fused-ring (bicyclic) bond motifs is 1. The van der Waals surface area contributed by atoms with E-state index in [-0.39, 0.29) is 6.03 Å². The van der Waals surface area contributed by atoms with E-state index in [4.69, 9.17) is 21.1 Å². The van der Waals surface area contributed by atoms with E-state index in [1.807, 2.05) is 32.3 Å². The number of rotatable bonds is 5. The van der Waals surface area contributed by atoms with Gasteiger partial charge in [-0.05, 0) is 25.2 Å². The lowest BCUT2D eigenvalue weighted by atomic mass is 10.1. The molecular formula is C19H22ClN3O3. The standard InChI is InChI=1S/C19H22ClN3O3/c1-23(2)12-14-6-4-3-5-13(14)11-21-19(24)22-16-10-18-17(9-15(16)20)25-7-8-26-18/h3-6,9-10H,7-8,11-12H2,1-2H3,(H2,21,22,24). The van der Waals surface area contributed by atoms with E-state index >= 15 is 0 Å². The average Bonchev–Trinajstić information content (AvgIpc) is 2.61. The Hall–Kier alpha value is -2.44. The summed E-state index contributed by atoms with van der Waals surface area (Å²) in [5.74, 6) is 1.16.